The van der Waals surface area contributed by atoms with Gasteiger partial charge in [0, 0.05) is 17.7 Å². The first-order valence-corrected chi connectivity index (χ1v) is 4.12. The van der Waals surface area contributed by atoms with E-state index in [1.54, 1.807) is 0 Å². The van der Waals surface area contributed by atoms with Crippen LogP contribution in [0.2, 0.25) is 0 Å². The van der Waals surface area contributed by atoms with E-state index in [-0.39, 0.29) is 0 Å². The van der Waals surface area contributed by atoms with Crippen molar-refractivity contribution in [3.05, 3.63) is 11.8 Å². The van der Waals surface area contributed by atoms with Gasteiger partial charge >= 0.3 is 0 Å². The molecule has 3 heteroatoms. The first kappa shape index (κ1) is 6.70. The van der Waals surface area contributed by atoms with Gasteiger partial charge in [-0.2, -0.15) is 5.10 Å². The van der Waals surface area contributed by atoms with Gasteiger partial charge in [-0.05, 0) is 12.3 Å². The van der Waals surface area contributed by atoms with Gasteiger partial charge in [0.25, 0.3) is 0 Å². The molecule has 1 fully saturated rings. The number of hydrogen-bond acceptors (Lipinski definition) is 2. The van der Waals surface area contributed by atoms with Gasteiger partial charge in [-0.25, -0.2) is 0 Å². The summed E-state index contributed by atoms with van der Waals surface area (Å²) in [6.45, 7) is 2.23. The van der Waals surface area contributed by atoms with Crippen LogP contribution in [0.25, 0.3) is 0 Å². The number of rotatable bonds is 2. The zero-order valence-corrected chi connectivity index (χ0v) is 6.67. The molecule has 0 saturated heterocycles. The number of aromatic amines is 1. The minimum atomic E-state index is 0.613. The third-order valence-electron chi connectivity index (χ3n) is 2.46. The average Bonchev–Trinajstić information content (AvgIpc) is 2.68. The minimum Gasteiger partial charge on any atom is -0.382 e. The fourth-order valence-corrected chi connectivity index (χ4v) is 1.62. The summed E-state index contributed by atoms with van der Waals surface area (Å²) in [5.74, 6) is 2.20. The highest BCUT2D eigenvalue weighted by Gasteiger charge is 2.37. The van der Waals surface area contributed by atoms with Gasteiger partial charge in [0.05, 0.1) is 0 Å². The third-order valence-corrected chi connectivity index (χ3v) is 2.46. The molecule has 0 aromatic carbocycles. The van der Waals surface area contributed by atoms with Gasteiger partial charge < -0.3 is 5.73 Å². The second-order valence-electron chi connectivity index (χ2n) is 3.26. The number of nitrogen functional groups attached to an aromatic ring is 1. The monoisotopic (exact) mass is 151 g/mol. The van der Waals surface area contributed by atoms with Gasteiger partial charge in [0.1, 0.15) is 5.82 Å². The molecule has 1 aromatic heterocycles. The van der Waals surface area contributed by atoms with E-state index >= 15 is 0 Å². The van der Waals surface area contributed by atoms with Crippen LogP contribution in [0.15, 0.2) is 6.07 Å². The first-order chi connectivity index (χ1) is 5.31. The normalized spacial score (nSPS) is 28.8. The summed E-state index contributed by atoms with van der Waals surface area (Å²) in [5, 5.41) is 6.86. The molecule has 0 bridgehead atoms. The molecule has 11 heavy (non-hydrogen) atoms. The van der Waals surface area contributed by atoms with E-state index in [1.165, 1.54) is 18.5 Å². The molecule has 3 N–H and O–H groups in total. The molecule has 0 spiro atoms. The molecule has 1 heterocycles. The molecular weight excluding hydrogens is 138 g/mol. The highest BCUT2D eigenvalue weighted by molar-refractivity contribution is 5.32. The maximum Gasteiger partial charge on any atom is 0.145 e. The number of anilines is 1. The minimum absolute atomic E-state index is 0.613. The largest absolute Gasteiger partial charge is 0.382 e. The van der Waals surface area contributed by atoms with Crippen LogP contribution < -0.4 is 5.73 Å². The highest BCUT2D eigenvalue weighted by atomic mass is 15.2. The van der Waals surface area contributed by atoms with Crippen LogP contribution in [-0.2, 0) is 0 Å². The van der Waals surface area contributed by atoms with E-state index in [2.05, 4.69) is 17.1 Å². The van der Waals surface area contributed by atoms with Crippen molar-refractivity contribution in [3.63, 3.8) is 0 Å². The van der Waals surface area contributed by atoms with Gasteiger partial charge in [-0.3, -0.25) is 5.10 Å². The quantitative estimate of drug-likeness (QED) is 0.673. The molecule has 1 saturated carbocycles. The van der Waals surface area contributed by atoms with Gasteiger partial charge in [-0.1, -0.05) is 13.3 Å². The Bertz CT molecular complexity index is 254. The summed E-state index contributed by atoms with van der Waals surface area (Å²) in [7, 11) is 0. The van der Waals surface area contributed by atoms with Crippen LogP contribution >= 0.6 is 0 Å². The van der Waals surface area contributed by atoms with Crippen LogP contribution in [-0.4, -0.2) is 10.2 Å². The fourth-order valence-electron chi connectivity index (χ4n) is 1.62. The van der Waals surface area contributed by atoms with Crippen molar-refractivity contribution in [3.8, 4) is 0 Å². The molecule has 60 valence electrons. The summed E-state index contributed by atoms with van der Waals surface area (Å²) in [6, 6.07) is 1.94. The Morgan fingerprint density at radius 2 is 2.64 bits per heavy atom. The van der Waals surface area contributed by atoms with E-state index in [0.29, 0.717) is 11.7 Å². The van der Waals surface area contributed by atoms with E-state index in [9.17, 15) is 0 Å². The molecule has 2 rings (SSSR count). The molecule has 0 aliphatic heterocycles. The van der Waals surface area contributed by atoms with Crippen molar-refractivity contribution < 1.29 is 0 Å². The van der Waals surface area contributed by atoms with E-state index in [0.717, 1.165) is 5.92 Å². The maximum absolute atomic E-state index is 5.49. The van der Waals surface area contributed by atoms with E-state index in [4.69, 9.17) is 5.73 Å². The van der Waals surface area contributed by atoms with Crippen molar-refractivity contribution in [1.82, 2.24) is 10.2 Å². The van der Waals surface area contributed by atoms with Crippen molar-refractivity contribution in [1.29, 1.82) is 0 Å². The zero-order chi connectivity index (χ0) is 7.84. The summed E-state index contributed by atoms with van der Waals surface area (Å²) in [5.41, 5.74) is 6.71. The smallest absolute Gasteiger partial charge is 0.145 e. The predicted molar refractivity (Wildman–Crippen MR) is 44.1 cm³/mol. The Kier molecular flexibility index (Phi) is 1.37. The Hall–Kier alpha value is -0.990. The third kappa shape index (κ3) is 1.11. The zero-order valence-electron chi connectivity index (χ0n) is 6.67. The van der Waals surface area contributed by atoms with E-state index in [1.807, 2.05) is 6.07 Å². The predicted octanol–water partition coefficient (Wildman–Crippen LogP) is 1.51. The molecular formula is C8H13N3. The molecule has 3 nitrogen and oxygen atoms in total. The maximum atomic E-state index is 5.49. The molecule has 1 aromatic rings. The Morgan fingerprint density at radius 1 is 1.82 bits per heavy atom. The van der Waals surface area contributed by atoms with Crippen LogP contribution in [0, 0.1) is 5.92 Å². The second-order valence-corrected chi connectivity index (χ2v) is 3.26. The number of nitrogens with two attached hydrogens (primary N) is 1. The molecule has 0 radical (unpaired) electrons. The lowest BCUT2D eigenvalue weighted by Crippen LogP contribution is -1.81. The molecule has 1 aliphatic carbocycles. The fraction of sp³-hybridized carbons (Fsp3) is 0.625. The lowest BCUT2D eigenvalue weighted by molar-refractivity contribution is 0.754. The Morgan fingerprint density at radius 3 is 3.09 bits per heavy atom. The van der Waals surface area contributed by atoms with Crippen molar-refractivity contribution >= 4 is 5.82 Å². The van der Waals surface area contributed by atoms with Gasteiger partial charge in [-0.15, -0.1) is 0 Å². The average molecular weight is 151 g/mol. The lowest BCUT2D eigenvalue weighted by Gasteiger charge is -1.89. The van der Waals surface area contributed by atoms with Crippen LogP contribution in [0.4, 0.5) is 5.82 Å². The number of hydrogen-bond donors (Lipinski definition) is 2. The summed E-state index contributed by atoms with van der Waals surface area (Å²) >= 11 is 0. The summed E-state index contributed by atoms with van der Waals surface area (Å²) in [6.07, 6.45) is 2.57. The number of nitrogens with zero attached hydrogens (tertiary/aromatic N) is 1. The Labute approximate surface area is 66.0 Å². The van der Waals surface area contributed by atoms with Crippen molar-refractivity contribution in [2.75, 3.05) is 5.73 Å². The van der Waals surface area contributed by atoms with Crippen molar-refractivity contribution in [2.24, 2.45) is 5.92 Å². The summed E-state index contributed by atoms with van der Waals surface area (Å²) in [4.78, 5) is 0. The lowest BCUT2D eigenvalue weighted by atomic mass is 10.2. The van der Waals surface area contributed by atoms with Crippen LogP contribution in [0.3, 0.4) is 0 Å². The van der Waals surface area contributed by atoms with Crippen LogP contribution in [0.5, 0.6) is 0 Å². The first-order valence-electron chi connectivity index (χ1n) is 4.12. The number of aromatic nitrogens is 2. The van der Waals surface area contributed by atoms with Crippen LogP contribution in [0.1, 0.15) is 31.4 Å². The summed E-state index contributed by atoms with van der Waals surface area (Å²) < 4.78 is 0. The standard InChI is InChI=1S/C8H13N3/c1-2-5-3-6(5)7-4-8(9)11-10-7/h4-6H,2-3H2,1H3,(H3,9,10,11)/t5-,6-/m1/s1. The topological polar surface area (TPSA) is 54.7 Å². The highest BCUT2D eigenvalue weighted by Crippen LogP contribution is 2.48. The molecule has 0 amide bonds. The Balaban J connectivity index is 2.08. The van der Waals surface area contributed by atoms with E-state index < -0.39 is 0 Å². The number of nitrogens with one attached hydrogen (secondary N) is 1. The molecule has 2 atom stereocenters. The van der Waals surface area contributed by atoms with Crippen molar-refractivity contribution in [2.45, 2.75) is 25.7 Å². The SMILES string of the molecule is CC[C@@H]1C[C@H]1c1cc(N)n[nH]1. The molecule has 1 aliphatic rings. The molecule has 0 unspecified atom stereocenters. The number of H-pyrrole nitrogens is 1. The van der Waals surface area contributed by atoms with Gasteiger partial charge in [0.15, 0.2) is 0 Å². The second kappa shape index (κ2) is 2.26. The van der Waals surface area contributed by atoms with Gasteiger partial charge in [0.2, 0.25) is 0 Å².